The minimum atomic E-state index is -1.84. The van der Waals surface area contributed by atoms with E-state index in [9.17, 15) is 19.7 Å². The Kier molecular flexibility index (Phi) is 12.0. The van der Waals surface area contributed by atoms with Crippen molar-refractivity contribution in [3.8, 4) is 0 Å². The van der Waals surface area contributed by atoms with E-state index in [0.29, 0.717) is 37.2 Å². The van der Waals surface area contributed by atoms with Crippen molar-refractivity contribution in [2.45, 2.75) is 97.4 Å². The van der Waals surface area contributed by atoms with E-state index in [0.717, 1.165) is 12.8 Å². The highest BCUT2D eigenvalue weighted by molar-refractivity contribution is 6.74. The fourth-order valence-electron chi connectivity index (χ4n) is 3.29. The number of hydrogen-bond donors (Lipinski definition) is 2. The first kappa shape index (κ1) is 32.3. The first-order valence-corrected chi connectivity index (χ1v) is 15.7. The van der Waals surface area contributed by atoms with Gasteiger partial charge in [0.2, 0.25) is 5.91 Å². The largest absolute Gasteiger partial charge is 0.460 e. The lowest BCUT2D eigenvalue weighted by molar-refractivity contribution is -0.384. The number of ether oxygens (including phenoxy) is 1. The van der Waals surface area contributed by atoms with Crippen LogP contribution in [0.2, 0.25) is 18.1 Å². The Hall–Kier alpha value is -2.72. The second-order valence-electron chi connectivity index (χ2n) is 11.7. The fourth-order valence-corrected chi connectivity index (χ4v) is 4.38. The molecule has 0 radical (unpaired) electrons. The molecule has 1 amide bonds. The summed E-state index contributed by atoms with van der Waals surface area (Å²) in [6.45, 7) is 17.4. The second kappa shape index (κ2) is 13.7. The van der Waals surface area contributed by atoms with Gasteiger partial charge in [-0.3, -0.25) is 19.7 Å². The van der Waals surface area contributed by atoms with E-state index in [4.69, 9.17) is 14.9 Å². The van der Waals surface area contributed by atoms with Crippen LogP contribution in [0.5, 0.6) is 0 Å². The van der Waals surface area contributed by atoms with Gasteiger partial charge in [-0.25, -0.2) is 0 Å². The number of aryl methyl sites for hydroxylation is 1. The van der Waals surface area contributed by atoms with Crippen molar-refractivity contribution in [2.75, 3.05) is 18.5 Å². The molecular formula is C27H45N3O6Si. The molecule has 9 nitrogen and oxygen atoms in total. The van der Waals surface area contributed by atoms with Crippen molar-refractivity contribution in [1.82, 2.24) is 0 Å². The van der Waals surface area contributed by atoms with Gasteiger partial charge in [0.15, 0.2) is 8.32 Å². The number of hydrogen-bond acceptors (Lipinski definition) is 7. The van der Waals surface area contributed by atoms with Crippen LogP contribution >= 0.6 is 0 Å². The van der Waals surface area contributed by atoms with Gasteiger partial charge in [-0.05, 0) is 76.2 Å². The van der Waals surface area contributed by atoms with Crippen molar-refractivity contribution in [3.05, 3.63) is 45.5 Å². The maximum Gasteiger partial charge on any atom is 0.306 e. The highest BCUT2D eigenvalue weighted by atomic mass is 28.4. The highest BCUT2D eigenvalue weighted by Gasteiger charge is 2.36. The number of allylic oxidation sites excluding steroid dienone is 1. The smallest absolute Gasteiger partial charge is 0.306 e. The highest BCUT2D eigenvalue weighted by Crippen LogP contribution is 2.37. The molecule has 0 aromatic heterocycles. The average molecular weight is 536 g/mol. The molecular weight excluding hydrogens is 490 g/mol. The third-order valence-electron chi connectivity index (χ3n) is 6.29. The number of unbranched alkanes of at least 4 members (excludes halogenated alkanes) is 1. The zero-order chi connectivity index (χ0) is 28.4. The Morgan fingerprint density at radius 3 is 2.30 bits per heavy atom. The summed E-state index contributed by atoms with van der Waals surface area (Å²) in [5.41, 5.74) is 5.87. The summed E-state index contributed by atoms with van der Waals surface area (Å²) < 4.78 is 11.5. The van der Waals surface area contributed by atoms with Gasteiger partial charge in [0.1, 0.15) is 11.3 Å². The number of nitrogens with two attached hydrogens (primary N) is 1. The summed E-state index contributed by atoms with van der Waals surface area (Å²) in [7, 11) is -1.84. The van der Waals surface area contributed by atoms with Crippen molar-refractivity contribution < 1.29 is 23.7 Å². The van der Waals surface area contributed by atoms with Gasteiger partial charge in [-0.15, -0.1) is 0 Å². The number of esters is 1. The summed E-state index contributed by atoms with van der Waals surface area (Å²) in [5, 5.41) is 15.0. The van der Waals surface area contributed by atoms with Crippen LogP contribution < -0.4 is 11.1 Å². The Balaban J connectivity index is 2.87. The van der Waals surface area contributed by atoms with E-state index < -0.39 is 24.7 Å². The van der Waals surface area contributed by atoms with E-state index in [1.807, 2.05) is 32.9 Å². The van der Waals surface area contributed by atoms with Crippen LogP contribution in [-0.4, -0.2) is 43.9 Å². The monoisotopic (exact) mass is 535 g/mol. The number of nitro benzene ring substituents is 1. The number of amides is 1. The van der Waals surface area contributed by atoms with Crippen molar-refractivity contribution in [1.29, 1.82) is 0 Å². The molecule has 0 atom stereocenters. The molecule has 0 heterocycles. The zero-order valence-electron chi connectivity index (χ0n) is 23.7. The van der Waals surface area contributed by atoms with Crippen LogP contribution in [0, 0.1) is 10.1 Å². The molecule has 0 saturated heterocycles. The molecule has 0 unspecified atom stereocenters. The Morgan fingerprint density at radius 2 is 1.76 bits per heavy atom. The van der Waals surface area contributed by atoms with E-state index >= 15 is 0 Å². The average Bonchev–Trinajstić information content (AvgIpc) is 2.73. The van der Waals surface area contributed by atoms with Gasteiger partial charge < -0.3 is 20.2 Å². The van der Waals surface area contributed by atoms with Crippen LogP contribution in [0.3, 0.4) is 0 Å². The maximum atomic E-state index is 11.8. The third-order valence-corrected chi connectivity index (χ3v) is 10.8. The van der Waals surface area contributed by atoms with Gasteiger partial charge in [-0.2, -0.15) is 0 Å². The van der Waals surface area contributed by atoms with E-state index in [-0.39, 0.29) is 28.7 Å². The summed E-state index contributed by atoms with van der Waals surface area (Å²) in [6, 6.07) is 2.83. The first-order valence-electron chi connectivity index (χ1n) is 12.8. The minimum Gasteiger partial charge on any atom is -0.460 e. The standard InChI is InChI=1S/C27H45N3O6Si/c1-26(2,3)36-23(31)15-10-9-12-16-29-24-20(18-21(25(28)32)19-22(24)30(33)34)14-11-13-17-35-37(7,8)27(4,5)6/h9,12,18-19,29H,10-11,13-17H2,1-8H3,(H2,28,32)/b12-9+. The van der Waals surface area contributed by atoms with Gasteiger partial charge in [0.05, 0.1) is 4.92 Å². The fraction of sp³-hybridized carbons (Fsp3) is 0.630. The van der Waals surface area contributed by atoms with E-state index in [1.165, 1.54) is 6.07 Å². The van der Waals surface area contributed by atoms with Gasteiger partial charge in [0.25, 0.3) is 5.69 Å². The first-order chi connectivity index (χ1) is 16.9. The van der Waals surface area contributed by atoms with Crippen molar-refractivity contribution >= 4 is 31.6 Å². The molecule has 0 aliphatic rings. The number of carbonyl (C=O) groups excluding carboxylic acids is 2. The molecule has 208 valence electrons. The predicted molar refractivity (Wildman–Crippen MR) is 150 cm³/mol. The summed E-state index contributed by atoms with van der Waals surface area (Å²) in [6.07, 6.45) is 6.47. The molecule has 0 aliphatic carbocycles. The zero-order valence-corrected chi connectivity index (χ0v) is 24.7. The number of benzene rings is 1. The van der Waals surface area contributed by atoms with E-state index in [1.54, 1.807) is 6.07 Å². The Labute approximate surface area is 222 Å². The molecule has 0 bridgehead atoms. The third kappa shape index (κ3) is 11.5. The lowest BCUT2D eigenvalue weighted by Crippen LogP contribution is -2.40. The molecule has 0 saturated carbocycles. The molecule has 0 fully saturated rings. The molecule has 1 aromatic carbocycles. The van der Waals surface area contributed by atoms with Gasteiger partial charge >= 0.3 is 5.97 Å². The number of nitrogens with one attached hydrogen (secondary N) is 1. The Bertz CT molecular complexity index is 978. The van der Waals surface area contributed by atoms with Crippen LogP contribution in [0.15, 0.2) is 24.3 Å². The van der Waals surface area contributed by atoms with Crippen LogP contribution in [0.1, 0.15) is 83.1 Å². The number of nitro groups is 1. The summed E-state index contributed by atoms with van der Waals surface area (Å²) in [4.78, 5) is 34.9. The lowest BCUT2D eigenvalue weighted by Gasteiger charge is -2.36. The van der Waals surface area contributed by atoms with Crippen LogP contribution in [0.25, 0.3) is 0 Å². The minimum absolute atomic E-state index is 0.109. The van der Waals surface area contributed by atoms with Crippen molar-refractivity contribution in [3.63, 3.8) is 0 Å². The summed E-state index contributed by atoms with van der Waals surface area (Å²) >= 11 is 0. The molecule has 3 N–H and O–H groups in total. The lowest BCUT2D eigenvalue weighted by atomic mass is 10.0. The molecule has 1 rings (SSSR count). The molecule has 37 heavy (non-hydrogen) atoms. The maximum absolute atomic E-state index is 11.8. The number of primary amides is 1. The topological polar surface area (TPSA) is 134 Å². The molecule has 10 heteroatoms. The number of nitrogens with zero attached hydrogens (tertiary/aromatic N) is 1. The Morgan fingerprint density at radius 1 is 1.11 bits per heavy atom. The number of rotatable bonds is 14. The van der Waals surface area contributed by atoms with Crippen LogP contribution in [0.4, 0.5) is 11.4 Å². The normalized spacial score (nSPS) is 12.5. The van der Waals surface area contributed by atoms with E-state index in [2.05, 4.69) is 39.2 Å². The SMILES string of the molecule is CC(C)(C)OC(=O)CC/C=C/CNc1c(CCCCO[Si](C)(C)C(C)(C)C)cc(C(N)=O)cc1[N+](=O)[O-]. The molecule has 0 spiro atoms. The van der Waals surface area contributed by atoms with Crippen molar-refractivity contribution in [2.24, 2.45) is 5.73 Å². The summed E-state index contributed by atoms with van der Waals surface area (Å²) in [5.74, 6) is -0.984. The van der Waals surface area contributed by atoms with Crippen LogP contribution in [-0.2, 0) is 20.4 Å². The van der Waals surface area contributed by atoms with Gasteiger partial charge in [-0.1, -0.05) is 32.9 Å². The number of anilines is 1. The molecule has 0 aliphatic heterocycles. The predicted octanol–water partition coefficient (Wildman–Crippen LogP) is 6.13. The molecule has 1 aromatic rings. The quantitative estimate of drug-likeness (QED) is 0.0731. The van der Waals surface area contributed by atoms with Gasteiger partial charge in [0, 0.05) is 31.2 Å². The number of carbonyl (C=O) groups is 2. The second-order valence-corrected chi connectivity index (χ2v) is 16.5.